The summed E-state index contributed by atoms with van der Waals surface area (Å²) in [4.78, 5) is 16.7. The maximum absolute atomic E-state index is 4.60. The first kappa shape index (κ1) is 16.1. The highest BCUT2D eigenvalue weighted by Gasteiger charge is 2.15. The van der Waals surface area contributed by atoms with Gasteiger partial charge in [0, 0.05) is 51.4 Å². The van der Waals surface area contributed by atoms with Gasteiger partial charge in [-0.05, 0) is 35.7 Å². The molecule has 6 nitrogen and oxygen atoms in total. The zero-order valence-corrected chi connectivity index (χ0v) is 15.9. The quantitative estimate of drug-likeness (QED) is 0.427. The normalized spacial score (nSPS) is 11.4. The van der Waals surface area contributed by atoms with Crippen LogP contribution in [-0.2, 0) is 0 Å². The topological polar surface area (TPSA) is 83.1 Å². The largest absolute Gasteiger partial charge is 0.353 e. The van der Waals surface area contributed by atoms with Crippen molar-refractivity contribution in [3.63, 3.8) is 0 Å². The van der Waals surface area contributed by atoms with Crippen LogP contribution in [0.1, 0.15) is 0 Å². The molecule has 5 heterocycles. The average molecular weight is 394 g/mol. The number of benzene rings is 1. The molecule has 0 spiro atoms. The van der Waals surface area contributed by atoms with Crippen LogP contribution in [-0.4, -0.2) is 30.1 Å². The zero-order chi connectivity index (χ0) is 19.2. The smallest absolute Gasteiger partial charge is 0.116 e. The lowest BCUT2D eigenvalue weighted by atomic mass is 10.1. The third-order valence-electron chi connectivity index (χ3n) is 5.02. The molecular formula is C22H14N6S. The summed E-state index contributed by atoms with van der Waals surface area (Å²) in [5.41, 5.74) is 7.78. The highest BCUT2D eigenvalue weighted by atomic mass is 32.1. The Morgan fingerprint density at radius 2 is 1.76 bits per heavy atom. The molecule has 138 valence electrons. The molecule has 0 aliphatic heterocycles. The van der Waals surface area contributed by atoms with Crippen LogP contribution in [0.3, 0.4) is 0 Å². The molecule has 1 aromatic carbocycles. The maximum Gasteiger partial charge on any atom is 0.116 e. The summed E-state index contributed by atoms with van der Waals surface area (Å²) in [6, 6.07) is 12.4. The van der Waals surface area contributed by atoms with Crippen LogP contribution in [0.5, 0.6) is 0 Å². The minimum atomic E-state index is 0.835. The molecule has 0 atom stereocenters. The summed E-state index contributed by atoms with van der Waals surface area (Å²) in [5, 5.41) is 14.0. The van der Waals surface area contributed by atoms with Crippen molar-refractivity contribution >= 4 is 33.1 Å². The molecule has 29 heavy (non-hydrogen) atoms. The molecule has 0 aliphatic rings. The predicted octanol–water partition coefficient (Wildman–Crippen LogP) is 5.29. The average Bonchev–Trinajstić information content (AvgIpc) is 3.52. The van der Waals surface area contributed by atoms with Gasteiger partial charge in [-0.25, -0.2) is 0 Å². The first-order chi connectivity index (χ1) is 14.4. The van der Waals surface area contributed by atoms with E-state index >= 15 is 0 Å². The van der Waals surface area contributed by atoms with Crippen molar-refractivity contribution in [1.29, 1.82) is 0 Å². The summed E-state index contributed by atoms with van der Waals surface area (Å²) >= 11 is 1.67. The standard InChI is InChI=1S/C22H14N6S/c1-2-18-15(9-13(1)20-11-23-6-7-24-20)22(28-27-18)19-10-16-17(26-19)3-5-25-21(16)14-4-8-29-12-14/h1-12,26H,(H,27,28). The second-order valence-corrected chi connectivity index (χ2v) is 7.52. The van der Waals surface area contributed by atoms with Gasteiger partial charge in [-0.2, -0.15) is 16.4 Å². The lowest BCUT2D eigenvalue weighted by Gasteiger charge is -2.00. The van der Waals surface area contributed by atoms with E-state index < -0.39 is 0 Å². The molecule has 0 radical (unpaired) electrons. The van der Waals surface area contributed by atoms with Crippen molar-refractivity contribution in [3.8, 4) is 33.9 Å². The number of aromatic nitrogens is 6. The van der Waals surface area contributed by atoms with Crippen molar-refractivity contribution in [1.82, 2.24) is 30.1 Å². The Morgan fingerprint density at radius 1 is 0.793 bits per heavy atom. The number of fused-ring (bicyclic) bond motifs is 2. The van der Waals surface area contributed by atoms with Gasteiger partial charge in [0.15, 0.2) is 0 Å². The van der Waals surface area contributed by atoms with Crippen LogP contribution in [0.15, 0.2) is 71.9 Å². The highest BCUT2D eigenvalue weighted by Crippen LogP contribution is 2.34. The molecule has 5 aromatic heterocycles. The van der Waals surface area contributed by atoms with Crippen LogP contribution in [0.2, 0.25) is 0 Å². The molecule has 0 bridgehead atoms. The molecule has 0 unspecified atom stereocenters. The predicted molar refractivity (Wildman–Crippen MR) is 116 cm³/mol. The van der Waals surface area contributed by atoms with E-state index in [1.807, 2.05) is 24.4 Å². The van der Waals surface area contributed by atoms with Crippen LogP contribution in [0.25, 0.3) is 55.7 Å². The molecule has 0 fully saturated rings. The van der Waals surface area contributed by atoms with Crippen molar-refractivity contribution in [2.75, 3.05) is 0 Å². The van der Waals surface area contributed by atoms with Crippen molar-refractivity contribution in [2.24, 2.45) is 0 Å². The molecular weight excluding hydrogens is 380 g/mol. The Balaban J connectivity index is 1.53. The number of pyridine rings is 1. The number of hydrogen-bond acceptors (Lipinski definition) is 5. The monoisotopic (exact) mass is 394 g/mol. The summed E-state index contributed by atoms with van der Waals surface area (Å²) < 4.78 is 0. The van der Waals surface area contributed by atoms with Gasteiger partial charge in [0.1, 0.15) is 5.69 Å². The van der Waals surface area contributed by atoms with Crippen LogP contribution >= 0.6 is 11.3 Å². The van der Waals surface area contributed by atoms with E-state index in [-0.39, 0.29) is 0 Å². The lowest BCUT2D eigenvalue weighted by Crippen LogP contribution is -1.84. The highest BCUT2D eigenvalue weighted by molar-refractivity contribution is 7.08. The summed E-state index contributed by atoms with van der Waals surface area (Å²) in [6.07, 6.45) is 6.98. The second-order valence-electron chi connectivity index (χ2n) is 6.74. The second kappa shape index (κ2) is 6.35. The number of rotatable bonds is 3. The SMILES string of the molecule is c1cnc(-c2ccc3[nH]nc(-c4cc5c(-c6ccsc6)nccc5[nH]4)c3c2)cn1. The number of hydrogen-bond donors (Lipinski definition) is 2. The molecule has 7 heteroatoms. The maximum atomic E-state index is 4.60. The molecule has 0 aliphatic carbocycles. The first-order valence-electron chi connectivity index (χ1n) is 9.12. The Bertz CT molecular complexity index is 1450. The minimum Gasteiger partial charge on any atom is -0.353 e. The first-order valence-corrected chi connectivity index (χ1v) is 10.1. The van der Waals surface area contributed by atoms with Gasteiger partial charge in [0.05, 0.1) is 28.8 Å². The fourth-order valence-corrected chi connectivity index (χ4v) is 4.28. The van der Waals surface area contributed by atoms with E-state index in [9.17, 15) is 0 Å². The Labute approximate surface area is 169 Å². The molecule has 0 saturated carbocycles. The molecule has 6 aromatic rings. The van der Waals surface area contributed by atoms with Gasteiger partial charge >= 0.3 is 0 Å². The van der Waals surface area contributed by atoms with Gasteiger partial charge in [-0.3, -0.25) is 20.1 Å². The van der Waals surface area contributed by atoms with Gasteiger partial charge in [0.2, 0.25) is 0 Å². The molecule has 0 amide bonds. The van der Waals surface area contributed by atoms with Crippen LogP contribution < -0.4 is 0 Å². The summed E-state index contributed by atoms with van der Waals surface area (Å²) in [5.74, 6) is 0. The van der Waals surface area contributed by atoms with Crippen LogP contribution in [0, 0.1) is 0 Å². The third kappa shape index (κ3) is 2.63. The van der Waals surface area contributed by atoms with E-state index in [4.69, 9.17) is 0 Å². The van der Waals surface area contributed by atoms with Gasteiger partial charge in [0.25, 0.3) is 0 Å². The Hall–Kier alpha value is -3.84. The summed E-state index contributed by atoms with van der Waals surface area (Å²) in [6.45, 7) is 0. The zero-order valence-electron chi connectivity index (χ0n) is 15.1. The third-order valence-corrected chi connectivity index (χ3v) is 5.70. The van der Waals surface area contributed by atoms with E-state index in [0.29, 0.717) is 0 Å². The number of nitrogens with zero attached hydrogens (tertiary/aromatic N) is 4. The molecule has 0 saturated heterocycles. The Kier molecular flexibility index (Phi) is 3.54. The molecule has 2 N–H and O–H groups in total. The van der Waals surface area contributed by atoms with Crippen molar-refractivity contribution in [2.45, 2.75) is 0 Å². The number of H-pyrrole nitrogens is 2. The van der Waals surface area contributed by atoms with E-state index in [1.165, 1.54) is 0 Å². The minimum absolute atomic E-state index is 0.835. The molecule has 6 rings (SSSR count). The van der Waals surface area contributed by atoms with Gasteiger partial charge < -0.3 is 4.98 Å². The fraction of sp³-hybridized carbons (Fsp3) is 0. The van der Waals surface area contributed by atoms with Gasteiger partial charge in [-0.1, -0.05) is 6.07 Å². The fourth-order valence-electron chi connectivity index (χ4n) is 3.64. The number of aromatic amines is 2. The van der Waals surface area contributed by atoms with E-state index in [1.54, 1.807) is 29.9 Å². The Morgan fingerprint density at radius 3 is 2.62 bits per heavy atom. The van der Waals surface area contributed by atoms with Crippen molar-refractivity contribution < 1.29 is 0 Å². The van der Waals surface area contributed by atoms with E-state index in [0.717, 1.165) is 55.7 Å². The van der Waals surface area contributed by atoms with E-state index in [2.05, 4.69) is 59.1 Å². The van der Waals surface area contributed by atoms with Crippen molar-refractivity contribution in [3.05, 3.63) is 71.9 Å². The number of thiophene rings is 1. The van der Waals surface area contributed by atoms with Gasteiger partial charge in [-0.15, -0.1) is 0 Å². The number of nitrogens with one attached hydrogen (secondary N) is 2. The van der Waals surface area contributed by atoms with Crippen LogP contribution in [0.4, 0.5) is 0 Å². The lowest BCUT2D eigenvalue weighted by molar-refractivity contribution is 1.12. The summed E-state index contributed by atoms with van der Waals surface area (Å²) in [7, 11) is 0.